The summed E-state index contributed by atoms with van der Waals surface area (Å²) in [6.07, 6.45) is 17.2. The molecule has 44 heavy (non-hydrogen) atoms. The minimum absolute atomic E-state index is 0. The summed E-state index contributed by atoms with van der Waals surface area (Å²) < 4.78 is 31.5. The number of carbonyl (C=O) groups excluding carboxylic acids is 2. The third-order valence-corrected chi connectivity index (χ3v) is 6.94. The number of allylic oxidation sites excluding steroid dienone is 4. The van der Waals surface area contributed by atoms with Gasteiger partial charge in [0.1, 0.15) is 11.6 Å². The molecule has 3 nitrogen and oxygen atoms in total. The minimum atomic E-state index is -2.68. The maximum atomic E-state index is 12.8. The van der Waals surface area contributed by atoms with E-state index in [9.17, 15) is 18.4 Å². The van der Waals surface area contributed by atoms with Gasteiger partial charge >= 0.3 is 0 Å². The molecule has 1 aromatic carbocycles. The average Bonchev–Trinajstić information content (AvgIpc) is 3.77. The second-order valence-electron chi connectivity index (χ2n) is 11.5. The van der Waals surface area contributed by atoms with Gasteiger partial charge in [0.15, 0.2) is 0 Å². The molecule has 0 saturated heterocycles. The van der Waals surface area contributed by atoms with E-state index in [1.54, 1.807) is 19.9 Å². The van der Waals surface area contributed by atoms with Gasteiger partial charge in [-0.25, -0.2) is 8.78 Å². The van der Waals surface area contributed by atoms with Crippen LogP contribution in [0.5, 0.6) is 0 Å². The third kappa shape index (κ3) is 25.3. The summed E-state index contributed by atoms with van der Waals surface area (Å²) >= 11 is 0. The largest absolute Gasteiger partial charge is 0.378 e. The van der Waals surface area contributed by atoms with Crippen LogP contribution >= 0.6 is 0 Å². The quantitative estimate of drug-likeness (QED) is 0.135. The van der Waals surface area contributed by atoms with Crippen LogP contribution in [0.2, 0.25) is 0 Å². The van der Waals surface area contributed by atoms with Crippen LogP contribution in [0.4, 0.5) is 8.78 Å². The normalized spacial score (nSPS) is 14.0. The van der Waals surface area contributed by atoms with Crippen LogP contribution in [-0.2, 0) is 31.7 Å². The molecule has 0 bridgehead atoms. The number of carbonyl (C=O) groups is 2. The van der Waals surface area contributed by atoms with Gasteiger partial charge < -0.3 is 9.53 Å². The molecule has 1 aliphatic carbocycles. The van der Waals surface area contributed by atoms with E-state index in [1.165, 1.54) is 30.0 Å². The van der Waals surface area contributed by atoms with E-state index in [2.05, 4.69) is 65.7 Å². The van der Waals surface area contributed by atoms with Gasteiger partial charge in [0.05, 0.1) is 6.10 Å². The Balaban J connectivity index is -0.000000261. The standard InChI is InChI=1S/C16H25O.C11H16F2.C5H10O.C4H8O.C2H2.Cr/c1-6-8-16(17-7-2)14(5)15-10-12(3)9-13(4)11-15;1-4-9(10-5-6-10)7-8(2)11(3,12)13;1-4(2)5(3)6;1-3-4(2)5;1-2;/h9-10,14,16H,6-8H2,1-5H3;4,7,10H,5-6H2,1-3H3;4H,1-3H3;3H2,1-2H3;1-2H;/q-1;;;;;/b;8-7+,9-4+;;;;/t14-,16?;;;;;/m1...../s1. The zero-order valence-corrected chi connectivity index (χ0v) is 31.2. The molecule has 2 atom stereocenters. The number of terminal acetylenes is 1. The first-order chi connectivity index (χ1) is 19.9. The molecule has 0 amide bonds. The monoisotopic (exact) mass is 655 g/mol. The summed E-state index contributed by atoms with van der Waals surface area (Å²) in [6, 6.07) is 7.87. The Bertz CT molecular complexity index is 973. The number of alkyl halides is 2. The molecule has 1 aromatic rings. The maximum absolute atomic E-state index is 12.8. The van der Waals surface area contributed by atoms with Crippen molar-refractivity contribution in [2.75, 3.05) is 6.61 Å². The first kappa shape index (κ1) is 48.8. The molecule has 1 unspecified atom stereocenters. The number of ether oxygens (including phenoxy) is 1. The minimum Gasteiger partial charge on any atom is -0.378 e. The van der Waals surface area contributed by atoms with E-state index in [1.807, 2.05) is 33.8 Å². The van der Waals surface area contributed by atoms with Crippen LogP contribution in [0, 0.1) is 44.6 Å². The third-order valence-electron chi connectivity index (χ3n) is 6.94. The summed E-state index contributed by atoms with van der Waals surface area (Å²) in [5, 5.41) is 0. The summed E-state index contributed by atoms with van der Waals surface area (Å²) in [7, 11) is 0. The molecule has 1 fully saturated rings. The van der Waals surface area contributed by atoms with Crippen LogP contribution in [0.25, 0.3) is 0 Å². The molecule has 0 spiro atoms. The molecule has 1 saturated carbocycles. The predicted octanol–water partition coefficient (Wildman–Crippen LogP) is 10.8. The van der Waals surface area contributed by atoms with E-state index in [-0.39, 0.29) is 40.4 Å². The second kappa shape index (κ2) is 27.3. The van der Waals surface area contributed by atoms with E-state index >= 15 is 0 Å². The van der Waals surface area contributed by atoms with Gasteiger partial charge in [-0.2, -0.15) is 34.9 Å². The van der Waals surface area contributed by atoms with Crippen molar-refractivity contribution >= 4 is 11.6 Å². The molecule has 1 aliphatic rings. The van der Waals surface area contributed by atoms with Crippen molar-refractivity contribution in [3.8, 4) is 12.8 Å². The predicted molar refractivity (Wildman–Crippen MR) is 181 cm³/mol. The number of Topliss-reactive ketones (excluding diaryl/α,β-unsaturated/α-hetero) is 2. The van der Waals surface area contributed by atoms with Crippen LogP contribution < -0.4 is 0 Å². The number of ketones is 2. The maximum Gasteiger partial charge on any atom is 0.266 e. The average molecular weight is 656 g/mol. The van der Waals surface area contributed by atoms with Crippen LogP contribution in [0.1, 0.15) is 131 Å². The Morgan fingerprint density at radius 1 is 1.07 bits per heavy atom. The van der Waals surface area contributed by atoms with E-state index in [0.717, 1.165) is 38.4 Å². The zero-order valence-electron chi connectivity index (χ0n) is 29.9. The van der Waals surface area contributed by atoms with Gasteiger partial charge in [-0.3, -0.25) is 4.79 Å². The number of rotatable bonds is 11. The molecule has 0 aliphatic heterocycles. The Hall–Kier alpha value is -2.05. The second-order valence-corrected chi connectivity index (χ2v) is 11.5. The van der Waals surface area contributed by atoms with Crippen molar-refractivity contribution in [3.05, 3.63) is 58.2 Å². The number of aryl methyl sites for hydroxylation is 2. The Morgan fingerprint density at radius 3 is 1.84 bits per heavy atom. The van der Waals surface area contributed by atoms with Crippen molar-refractivity contribution in [2.45, 2.75) is 140 Å². The van der Waals surface area contributed by atoms with Crippen molar-refractivity contribution in [1.29, 1.82) is 0 Å². The fourth-order valence-corrected chi connectivity index (χ4v) is 3.58. The Kier molecular flexibility index (Phi) is 30.3. The van der Waals surface area contributed by atoms with Gasteiger partial charge in [0, 0.05) is 43.2 Å². The van der Waals surface area contributed by atoms with Crippen molar-refractivity contribution in [1.82, 2.24) is 0 Å². The zero-order chi connectivity index (χ0) is 34.3. The molecule has 0 radical (unpaired) electrons. The van der Waals surface area contributed by atoms with Crippen LogP contribution in [-0.4, -0.2) is 30.2 Å². The van der Waals surface area contributed by atoms with Crippen molar-refractivity contribution < 1.29 is 40.5 Å². The van der Waals surface area contributed by atoms with Crippen molar-refractivity contribution in [2.24, 2.45) is 11.8 Å². The molecule has 252 valence electrons. The number of hydrogen-bond donors (Lipinski definition) is 0. The Labute approximate surface area is 280 Å². The molecular formula is C38H61CrF2O3-. The van der Waals surface area contributed by atoms with Gasteiger partial charge in [0.2, 0.25) is 0 Å². The van der Waals surface area contributed by atoms with Gasteiger partial charge in [0.25, 0.3) is 5.92 Å². The van der Waals surface area contributed by atoms with E-state index < -0.39 is 5.92 Å². The summed E-state index contributed by atoms with van der Waals surface area (Å²) in [5.41, 5.74) is 5.05. The van der Waals surface area contributed by atoms with Crippen molar-refractivity contribution in [3.63, 3.8) is 0 Å². The SMILES string of the molecule is C#C.C/C=C(\C=C(/C)C(C)(F)F)C1CC1.CC(=O)C(C)C.CCC(C)=O.CCCC(OCC)[C@H](C)c1[c-]c(C)cc(C)c1.[Cr]. The van der Waals surface area contributed by atoms with Crippen LogP contribution in [0.15, 0.2) is 35.4 Å². The molecule has 6 heteroatoms. The van der Waals surface area contributed by atoms with Gasteiger partial charge in [-0.15, -0.1) is 12.8 Å². The fraction of sp³-hybridized carbons (Fsp3) is 0.632. The molecule has 0 N–H and O–H groups in total. The molecule has 2 rings (SSSR count). The van der Waals surface area contributed by atoms with Crippen LogP contribution in [0.3, 0.4) is 0 Å². The number of halogens is 2. The summed E-state index contributed by atoms with van der Waals surface area (Å²) in [5.74, 6) is -0.982. The molecule has 0 aromatic heterocycles. The molecule has 0 heterocycles. The topological polar surface area (TPSA) is 43.4 Å². The number of hydrogen-bond acceptors (Lipinski definition) is 3. The summed E-state index contributed by atoms with van der Waals surface area (Å²) in [6.45, 7) is 24.7. The summed E-state index contributed by atoms with van der Waals surface area (Å²) in [4.78, 5) is 20.0. The Morgan fingerprint density at radius 2 is 1.55 bits per heavy atom. The van der Waals surface area contributed by atoms with Gasteiger partial charge in [-0.1, -0.05) is 67.0 Å². The first-order valence-electron chi connectivity index (χ1n) is 15.6. The number of benzene rings is 1. The molecular weight excluding hydrogens is 594 g/mol. The first-order valence-corrected chi connectivity index (χ1v) is 15.6. The fourth-order valence-electron chi connectivity index (χ4n) is 3.58. The smallest absolute Gasteiger partial charge is 0.266 e. The van der Waals surface area contributed by atoms with E-state index in [0.29, 0.717) is 24.4 Å². The van der Waals surface area contributed by atoms with E-state index in [4.69, 9.17) is 4.74 Å². The van der Waals surface area contributed by atoms with Gasteiger partial charge in [-0.05, 0) is 76.9 Å².